The van der Waals surface area contributed by atoms with E-state index in [0.29, 0.717) is 5.69 Å². The van der Waals surface area contributed by atoms with Gasteiger partial charge in [-0.3, -0.25) is 0 Å². The number of primary amides is 1. The number of rotatable bonds is 2. The second kappa shape index (κ2) is 3.53. The molecule has 0 aliphatic rings. The number of pyridine rings is 1. The molecule has 0 aromatic carbocycles. The van der Waals surface area contributed by atoms with Crippen LogP contribution in [0.1, 0.15) is 10.5 Å². The minimum absolute atomic E-state index is 0.147. The van der Waals surface area contributed by atoms with Crippen LogP contribution in [0.4, 0.5) is 10.5 Å². The van der Waals surface area contributed by atoms with Gasteiger partial charge in [0.15, 0.2) is 0 Å². The van der Waals surface area contributed by atoms with Crippen molar-refractivity contribution in [1.82, 2.24) is 4.98 Å². The van der Waals surface area contributed by atoms with Crippen molar-refractivity contribution in [2.24, 2.45) is 5.73 Å². The maximum Gasteiger partial charge on any atom is 0.354 e. The summed E-state index contributed by atoms with van der Waals surface area (Å²) in [5, 5.41) is 10.8. The zero-order chi connectivity index (χ0) is 9.84. The van der Waals surface area contributed by atoms with E-state index in [1.54, 1.807) is 0 Å². The van der Waals surface area contributed by atoms with Gasteiger partial charge in [-0.05, 0) is 12.1 Å². The minimum atomic E-state index is -1.16. The van der Waals surface area contributed by atoms with Crippen LogP contribution in [0.15, 0.2) is 18.3 Å². The van der Waals surface area contributed by atoms with Crippen LogP contribution < -0.4 is 11.1 Å². The molecule has 0 aliphatic carbocycles. The lowest BCUT2D eigenvalue weighted by atomic mass is 10.3. The summed E-state index contributed by atoms with van der Waals surface area (Å²) in [4.78, 5) is 24.4. The van der Waals surface area contributed by atoms with Gasteiger partial charge < -0.3 is 16.2 Å². The molecule has 6 nitrogen and oxygen atoms in total. The van der Waals surface area contributed by atoms with Crippen molar-refractivity contribution in [3.63, 3.8) is 0 Å². The molecule has 1 heterocycles. The number of aromatic carboxylic acids is 1. The van der Waals surface area contributed by atoms with Crippen LogP contribution >= 0.6 is 0 Å². The van der Waals surface area contributed by atoms with Crippen LogP contribution in [-0.2, 0) is 0 Å². The number of nitrogens with one attached hydrogen (secondary N) is 1. The molecule has 1 aromatic rings. The van der Waals surface area contributed by atoms with Crippen molar-refractivity contribution in [2.45, 2.75) is 0 Å². The van der Waals surface area contributed by atoms with E-state index in [9.17, 15) is 9.59 Å². The number of aromatic nitrogens is 1. The second-order valence-corrected chi connectivity index (χ2v) is 2.22. The quantitative estimate of drug-likeness (QED) is 0.608. The van der Waals surface area contributed by atoms with Crippen molar-refractivity contribution in [2.75, 3.05) is 5.32 Å². The van der Waals surface area contributed by atoms with Crippen LogP contribution in [0.5, 0.6) is 0 Å². The summed E-state index contributed by atoms with van der Waals surface area (Å²) in [6, 6.07) is 1.91. The number of nitrogens with two attached hydrogens (primary N) is 1. The van der Waals surface area contributed by atoms with Crippen LogP contribution in [0, 0.1) is 0 Å². The normalized spacial score (nSPS) is 9.23. The van der Waals surface area contributed by atoms with E-state index in [-0.39, 0.29) is 5.69 Å². The predicted octanol–water partition coefficient (Wildman–Crippen LogP) is 0.270. The third kappa shape index (κ3) is 2.44. The molecule has 2 amide bonds. The van der Waals surface area contributed by atoms with E-state index < -0.39 is 12.0 Å². The fraction of sp³-hybridized carbons (Fsp3) is 0. The highest BCUT2D eigenvalue weighted by Gasteiger charge is 2.05. The van der Waals surface area contributed by atoms with Gasteiger partial charge in [0.05, 0.1) is 0 Å². The smallest absolute Gasteiger partial charge is 0.354 e. The average molecular weight is 181 g/mol. The minimum Gasteiger partial charge on any atom is -0.477 e. The van der Waals surface area contributed by atoms with E-state index in [0.717, 1.165) is 0 Å². The van der Waals surface area contributed by atoms with Crippen molar-refractivity contribution in [3.05, 3.63) is 24.0 Å². The monoisotopic (exact) mass is 181 g/mol. The molecule has 0 radical (unpaired) electrons. The van der Waals surface area contributed by atoms with Crippen LogP contribution in [-0.4, -0.2) is 22.1 Å². The van der Waals surface area contributed by atoms with Gasteiger partial charge in [-0.2, -0.15) is 0 Å². The van der Waals surface area contributed by atoms with Crippen LogP contribution in [0.3, 0.4) is 0 Å². The third-order valence-corrected chi connectivity index (χ3v) is 1.25. The highest BCUT2D eigenvalue weighted by atomic mass is 16.4. The molecule has 0 bridgehead atoms. The molecule has 0 fully saturated rings. The lowest BCUT2D eigenvalue weighted by molar-refractivity contribution is 0.0690. The first-order valence-electron chi connectivity index (χ1n) is 3.35. The first-order chi connectivity index (χ1) is 6.09. The van der Waals surface area contributed by atoms with Gasteiger partial charge in [-0.15, -0.1) is 0 Å². The summed E-state index contributed by atoms with van der Waals surface area (Å²) in [5.74, 6) is -1.16. The highest BCUT2D eigenvalue weighted by Crippen LogP contribution is 2.06. The molecule has 68 valence electrons. The Morgan fingerprint density at radius 1 is 1.54 bits per heavy atom. The summed E-state index contributed by atoms with van der Waals surface area (Å²) in [5.41, 5.74) is 4.99. The molecule has 0 aliphatic heterocycles. The van der Waals surface area contributed by atoms with E-state index >= 15 is 0 Å². The van der Waals surface area contributed by atoms with Gasteiger partial charge in [-0.25, -0.2) is 14.6 Å². The number of hydrogen-bond acceptors (Lipinski definition) is 3. The molecular weight excluding hydrogens is 174 g/mol. The van der Waals surface area contributed by atoms with E-state index in [1.807, 2.05) is 0 Å². The summed E-state index contributed by atoms with van der Waals surface area (Å²) >= 11 is 0. The zero-order valence-corrected chi connectivity index (χ0v) is 6.52. The SMILES string of the molecule is NC(=O)Nc1ccnc(C(=O)O)c1. The van der Waals surface area contributed by atoms with Crippen molar-refractivity contribution >= 4 is 17.7 Å². The molecule has 13 heavy (non-hydrogen) atoms. The number of anilines is 1. The van der Waals surface area contributed by atoms with Gasteiger partial charge >= 0.3 is 12.0 Å². The topological polar surface area (TPSA) is 105 Å². The number of carboxylic acid groups (broad SMARTS) is 1. The number of carbonyl (C=O) groups excluding carboxylic acids is 1. The molecule has 1 rings (SSSR count). The second-order valence-electron chi connectivity index (χ2n) is 2.22. The Kier molecular flexibility index (Phi) is 2.44. The Morgan fingerprint density at radius 3 is 2.77 bits per heavy atom. The third-order valence-electron chi connectivity index (χ3n) is 1.25. The molecule has 6 heteroatoms. The van der Waals surface area contributed by atoms with E-state index in [4.69, 9.17) is 10.8 Å². The first-order valence-corrected chi connectivity index (χ1v) is 3.35. The molecule has 0 saturated heterocycles. The van der Waals surface area contributed by atoms with E-state index in [2.05, 4.69) is 10.3 Å². The summed E-state index contributed by atoms with van der Waals surface area (Å²) in [6.45, 7) is 0. The largest absolute Gasteiger partial charge is 0.477 e. The Morgan fingerprint density at radius 2 is 2.23 bits per heavy atom. The van der Waals surface area contributed by atoms with Crippen LogP contribution in [0.2, 0.25) is 0 Å². The molecule has 0 unspecified atom stereocenters. The number of carboxylic acids is 1. The highest BCUT2D eigenvalue weighted by molar-refractivity contribution is 5.91. The molecule has 0 spiro atoms. The van der Waals surface area contributed by atoms with Gasteiger partial charge in [-0.1, -0.05) is 0 Å². The Labute approximate surface area is 73.4 Å². The first kappa shape index (κ1) is 8.98. The molecular formula is C7H7N3O3. The van der Waals surface area contributed by atoms with Crippen molar-refractivity contribution < 1.29 is 14.7 Å². The van der Waals surface area contributed by atoms with Crippen LogP contribution in [0.25, 0.3) is 0 Å². The summed E-state index contributed by atoms with van der Waals surface area (Å²) in [7, 11) is 0. The number of urea groups is 1. The molecule has 0 saturated carbocycles. The van der Waals surface area contributed by atoms with E-state index in [1.165, 1.54) is 18.3 Å². The van der Waals surface area contributed by atoms with Crippen molar-refractivity contribution in [1.29, 1.82) is 0 Å². The van der Waals surface area contributed by atoms with Crippen molar-refractivity contribution in [3.8, 4) is 0 Å². The maximum atomic E-state index is 10.4. The molecule has 0 atom stereocenters. The Bertz CT molecular complexity index is 351. The molecule has 1 aromatic heterocycles. The fourth-order valence-corrected chi connectivity index (χ4v) is 0.768. The maximum absolute atomic E-state index is 10.4. The Balaban J connectivity index is 2.91. The summed E-state index contributed by atoms with van der Waals surface area (Å²) < 4.78 is 0. The standard InChI is InChI=1S/C7H7N3O3/c8-7(13)10-4-1-2-9-5(3-4)6(11)12/h1-3H,(H,11,12)(H3,8,9,10,13). The Hall–Kier alpha value is -2.11. The van der Waals surface area contributed by atoms with Gasteiger partial charge in [0.25, 0.3) is 0 Å². The number of hydrogen-bond donors (Lipinski definition) is 3. The molecule has 4 N–H and O–H groups in total. The zero-order valence-electron chi connectivity index (χ0n) is 6.52. The number of nitrogens with zero attached hydrogens (tertiary/aromatic N) is 1. The van der Waals surface area contributed by atoms with Gasteiger partial charge in [0.2, 0.25) is 0 Å². The lowest BCUT2D eigenvalue weighted by Gasteiger charge is -2.00. The fourth-order valence-electron chi connectivity index (χ4n) is 0.768. The lowest BCUT2D eigenvalue weighted by Crippen LogP contribution is -2.19. The number of carbonyl (C=O) groups is 2. The summed E-state index contributed by atoms with van der Waals surface area (Å²) in [6.07, 6.45) is 1.27. The number of amides is 2. The van der Waals surface area contributed by atoms with Gasteiger partial charge in [0, 0.05) is 11.9 Å². The van der Waals surface area contributed by atoms with Gasteiger partial charge in [0.1, 0.15) is 5.69 Å². The average Bonchev–Trinajstić information content (AvgIpc) is 2.03. The predicted molar refractivity (Wildman–Crippen MR) is 44.4 cm³/mol.